The molecule has 2 atom stereocenters. The van der Waals surface area contributed by atoms with Crippen molar-refractivity contribution in [3.63, 3.8) is 0 Å². The molecule has 1 fully saturated rings. The van der Waals surface area contributed by atoms with Gasteiger partial charge in [-0.2, -0.15) is 9.37 Å². The van der Waals surface area contributed by atoms with E-state index < -0.39 is 17.7 Å². The standard InChI is InChI=1S/C14H19FN2O5S/c1-3-5-11(18)21-7-12-22-10(8-23-12)17-6-9(15)13(20-4-2)16-14(17)19/h6,10,12H,3-5,7-8H2,1-2H3. The summed E-state index contributed by atoms with van der Waals surface area (Å²) in [7, 11) is 0. The predicted molar refractivity (Wildman–Crippen MR) is 81.9 cm³/mol. The van der Waals surface area contributed by atoms with Crippen molar-refractivity contribution in [2.45, 2.75) is 38.4 Å². The second kappa shape index (κ2) is 8.30. The molecule has 2 unspecified atom stereocenters. The Hall–Kier alpha value is -1.61. The molecule has 1 aromatic rings. The number of hydrogen-bond donors (Lipinski definition) is 0. The first-order chi connectivity index (χ1) is 11.0. The zero-order valence-corrected chi connectivity index (χ0v) is 13.8. The van der Waals surface area contributed by atoms with E-state index in [4.69, 9.17) is 14.2 Å². The summed E-state index contributed by atoms with van der Waals surface area (Å²) in [5.41, 5.74) is -1.04. The molecule has 1 aliphatic heterocycles. The molecule has 128 valence electrons. The predicted octanol–water partition coefficient (Wildman–Crippen LogP) is 1.71. The number of thioether (sulfide) groups is 1. The van der Waals surface area contributed by atoms with Gasteiger partial charge in [0.2, 0.25) is 5.82 Å². The molecule has 0 amide bonds. The fourth-order valence-electron chi connectivity index (χ4n) is 1.99. The Bertz CT molecular complexity index is 609. The maximum Gasteiger partial charge on any atom is 0.353 e. The summed E-state index contributed by atoms with van der Waals surface area (Å²) in [6.07, 6.45) is 1.44. The van der Waals surface area contributed by atoms with Crippen LogP contribution >= 0.6 is 11.8 Å². The van der Waals surface area contributed by atoms with Crippen molar-refractivity contribution in [3.8, 4) is 5.88 Å². The second-order valence-corrected chi connectivity index (χ2v) is 6.00. The normalized spacial score (nSPS) is 20.5. The highest BCUT2D eigenvalue weighted by atomic mass is 32.2. The Morgan fingerprint density at radius 3 is 3.04 bits per heavy atom. The quantitative estimate of drug-likeness (QED) is 0.695. The molecule has 0 N–H and O–H groups in total. The summed E-state index contributed by atoms with van der Waals surface area (Å²) in [6, 6.07) is 0. The van der Waals surface area contributed by atoms with Gasteiger partial charge < -0.3 is 14.2 Å². The third-order valence-electron chi connectivity index (χ3n) is 3.03. The fraction of sp³-hybridized carbons (Fsp3) is 0.643. The molecular formula is C14H19FN2O5S. The molecule has 9 heteroatoms. The third-order valence-corrected chi connectivity index (χ3v) is 4.13. The van der Waals surface area contributed by atoms with E-state index in [1.807, 2.05) is 6.92 Å². The Morgan fingerprint density at radius 2 is 2.35 bits per heavy atom. The Labute approximate surface area is 137 Å². The number of halogens is 1. The minimum absolute atomic E-state index is 0.0989. The van der Waals surface area contributed by atoms with Crippen LogP contribution in [-0.2, 0) is 14.3 Å². The average Bonchev–Trinajstić information content (AvgIpc) is 2.98. The van der Waals surface area contributed by atoms with Gasteiger partial charge in [-0.15, -0.1) is 11.8 Å². The van der Waals surface area contributed by atoms with E-state index in [1.54, 1.807) is 6.92 Å². The first-order valence-corrected chi connectivity index (χ1v) is 8.44. The third kappa shape index (κ3) is 4.68. The molecule has 1 saturated heterocycles. The number of hydrogen-bond acceptors (Lipinski definition) is 7. The molecule has 0 saturated carbocycles. The molecule has 2 heterocycles. The maximum absolute atomic E-state index is 13.8. The largest absolute Gasteiger partial charge is 0.476 e. The highest BCUT2D eigenvalue weighted by molar-refractivity contribution is 8.00. The Balaban J connectivity index is 1.97. The molecule has 1 aromatic heterocycles. The van der Waals surface area contributed by atoms with E-state index in [0.717, 1.165) is 10.8 Å². The molecular weight excluding hydrogens is 327 g/mol. The lowest BCUT2D eigenvalue weighted by Gasteiger charge is -2.15. The zero-order valence-electron chi connectivity index (χ0n) is 13.0. The topological polar surface area (TPSA) is 79.7 Å². The van der Waals surface area contributed by atoms with Gasteiger partial charge in [-0.05, 0) is 13.3 Å². The van der Waals surface area contributed by atoms with E-state index >= 15 is 0 Å². The van der Waals surface area contributed by atoms with Crippen LogP contribution in [0.4, 0.5) is 4.39 Å². The highest BCUT2D eigenvalue weighted by Crippen LogP contribution is 2.31. The summed E-state index contributed by atoms with van der Waals surface area (Å²) in [5, 5.41) is 0. The van der Waals surface area contributed by atoms with E-state index in [1.165, 1.54) is 11.8 Å². The minimum atomic E-state index is -0.724. The molecule has 0 aliphatic carbocycles. The molecule has 2 rings (SSSR count). The second-order valence-electron chi connectivity index (χ2n) is 4.80. The van der Waals surface area contributed by atoms with Gasteiger partial charge in [0.25, 0.3) is 5.88 Å². The fourth-order valence-corrected chi connectivity index (χ4v) is 2.98. The van der Waals surface area contributed by atoms with Crippen molar-refractivity contribution in [1.82, 2.24) is 9.55 Å². The molecule has 0 aromatic carbocycles. The number of rotatable bonds is 7. The SMILES string of the molecule is CCCC(=O)OCC1OC(n2cc(F)c(OCC)nc2=O)CS1. The van der Waals surface area contributed by atoms with Crippen LogP contribution in [0.15, 0.2) is 11.0 Å². The number of aromatic nitrogens is 2. The lowest BCUT2D eigenvalue weighted by atomic mass is 10.3. The van der Waals surface area contributed by atoms with Crippen molar-refractivity contribution in [2.75, 3.05) is 19.0 Å². The smallest absolute Gasteiger partial charge is 0.353 e. The first kappa shape index (κ1) is 17.7. The number of esters is 1. The van der Waals surface area contributed by atoms with Gasteiger partial charge >= 0.3 is 11.7 Å². The Kier molecular flexibility index (Phi) is 6.40. The van der Waals surface area contributed by atoms with Crippen molar-refractivity contribution < 1.29 is 23.4 Å². The van der Waals surface area contributed by atoms with Gasteiger partial charge in [-0.25, -0.2) is 4.79 Å². The average molecular weight is 346 g/mol. The van der Waals surface area contributed by atoms with Crippen molar-refractivity contribution in [3.05, 3.63) is 22.5 Å². The van der Waals surface area contributed by atoms with E-state index in [2.05, 4.69) is 4.98 Å². The molecule has 7 nitrogen and oxygen atoms in total. The van der Waals surface area contributed by atoms with Crippen molar-refractivity contribution in [1.29, 1.82) is 0 Å². The van der Waals surface area contributed by atoms with Crippen LogP contribution in [0, 0.1) is 5.82 Å². The monoisotopic (exact) mass is 346 g/mol. The molecule has 0 spiro atoms. The van der Waals surface area contributed by atoms with Gasteiger partial charge in [-0.3, -0.25) is 9.36 Å². The highest BCUT2D eigenvalue weighted by Gasteiger charge is 2.29. The Morgan fingerprint density at radius 1 is 1.57 bits per heavy atom. The summed E-state index contributed by atoms with van der Waals surface area (Å²) >= 11 is 1.39. The van der Waals surface area contributed by atoms with Crippen LogP contribution in [0.3, 0.4) is 0 Å². The van der Waals surface area contributed by atoms with Crippen LogP contribution in [0.2, 0.25) is 0 Å². The lowest BCUT2D eigenvalue weighted by molar-refractivity contribution is -0.146. The van der Waals surface area contributed by atoms with Crippen LogP contribution in [-0.4, -0.2) is 39.9 Å². The molecule has 0 radical (unpaired) electrons. The van der Waals surface area contributed by atoms with Crippen LogP contribution in [0.1, 0.15) is 32.9 Å². The van der Waals surface area contributed by atoms with Gasteiger partial charge in [0.15, 0.2) is 0 Å². The number of nitrogens with zero attached hydrogens (tertiary/aromatic N) is 2. The summed E-state index contributed by atoms with van der Waals surface area (Å²) in [4.78, 5) is 26.8. The van der Waals surface area contributed by atoms with Crippen LogP contribution in [0.5, 0.6) is 5.88 Å². The first-order valence-electron chi connectivity index (χ1n) is 7.39. The van der Waals surface area contributed by atoms with Gasteiger partial charge in [0, 0.05) is 12.2 Å². The van der Waals surface area contributed by atoms with E-state index in [9.17, 15) is 14.0 Å². The van der Waals surface area contributed by atoms with Gasteiger partial charge in [0.1, 0.15) is 18.3 Å². The minimum Gasteiger partial charge on any atom is -0.476 e. The molecule has 23 heavy (non-hydrogen) atoms. The molecule has 1 aliphatic rings. The number of carbonyl (C=O) groups is 1. The van der Waals surface area contributed by atoms with Crippen molar-refractivity contribution >= 4 is 17.7 Å². The van der Waals surface area contributed by atoms with E-state index in [0.29, 0.717) is 18.6 Å². The lowest BCUT2D eigenvalue weighted by Crippen LogP contribution is -2.29. The van der Waals surface area contributed by atoms with E-state index in [-0.39, 0.29) is 30.5 Å². The maximum atomic E-state index is 13.8. The summed E-state index contributed by atoms with van der Waals surface area (Å²) in [6.45, 7) is 3.88. The molecule has 0 bridgehead atoms. The van der Waals surface area contributed by atoms with Crippen LogP contribution in [0.25, 0.3) is 0 Å². The van der Waals surface area contributed by atoms with Gasteiger partial charge in [0.05, 0.1) is 12.8 Å². The summed E-state index contributed by atoms with van der Waals surface area (Å²) in [5.74, 6) is -0.890. The number of ether oxygens (including phenoxy) is 3. The van der Waals surface area contributed by atoms with Gasteiger partial charge in [-0.1, -0.05) is 6.92 Å². The van der Waals surface area contributed by atoms with Crippen LogP contribution < -0.4 is 10.4 Å². The number of carbonyl (C=O) groups excluding carboxylic acids is 1. The summed E-state index contributed by atoms with van der Waals surface area (Å²) < 4.78 is 30.5. The van der Waals surface area contributed by atoms with Crippen molar-refractivity contribution in [2.24, 2.45) is 0 Å². The zero-order chi connectivity index (χ0) is 16.8.